The summed E-state index contributed by atoms with van der Waals surface area (Å²) in [7, 11) is 0. The molecule has 0 saturated heterocycles. The van der Waals surface area contributed by atoms with Crippen LogP contribution in [0.4, 0.5) is 5.69 Å². The average Bonchev–Trinajstić information content (AvgIpc) is 3.67. The summed E-state index contributed by atoms with van der Waals surface area (Å²) in [4.78, 5) is 3.89. The van der Waals surface area contributed by atoms with Crippen molar-refractivity contribution < 1.29 is 0 Å². The highest BCUT2D eigenvalue weighted by atomic mass is 15.0. The molecule has 0 saturated carbocycles. The van der Waals surface area contributed by atoms with Crippen LogP contribution in [0.3, 0.4) is 0 Å². The Labute approximate surface area is 277 Å². The van der Waals surface area contributed by atoms with Crippen molar-refractivity contribution in [2.45, 2.75) is 0 Å². The van der Waals surface area contributed by atoms with Crippen LogP contribution in [0.1, 0.15) is 5.56 Å². The van der Waals surface area contributed by atoms with Gasteiger partial charge >= 0.3 is 0 Å². The van der Waals surface area contributed by atoms with Gasteiger partial charge in [-0.3, -0.25) is 0 Å². The van der Waals surface area contributed by atoms with Gasteiger partial charge in [0.25, 0.3) is 0 Å². The lowest BCUT2D eigenvalue weighted by molar-refractivity contribution is 1.16. The number of aromatic nitrogens is 2. The Kier molecular flexibility index (Phi) is 6.22. The third-order valence-electron chi connectivity index (χ3n) is 9.36. The van der Waals surface area contributed by atoms with Crippen molar-refractivity contribution in [3.8, 4) is 39.7 Å². The standard InChI is InChI=1S/C44H26N4/c1-46-39-20-7-2-14-33(39)30-25-31(27-32(26-30)47-40-21-8-3-15-35(40)36-16-4-9-22-41(36)47)34-19-12-13-29(28-45)44(34)48-42-23-10-5-17-37(42)38-18-6-11-24-43(38)48/h2-27H. The van der Waals surface area contributed by atoms with Crippen LogP contribution in [0.2, 0.25) is 0 Å². The third-order valence-corrected chi connectivity index (χ3v) is 9.36. The number of benzene rings is 7. The van der Waals surface area contributed by atoms with Crippen LogP contribution in [0, 0.1) is 17.9 Å². The monoisotopic (exact) mass is 610 g/mol. The Balaban J connectivity index is 1.41. The van der Waals surface area contributed by atoms with E-state index in [0.717, 1.165) is 66.5 Å². The molecular weight excluding hydrogens is 585 g/mol. The minimum atomic E-state index is 0.587. The van der Waals surface area contributed by atoms with Gasteiger partial charge in [-0.15, -0.1) is 0 Å². The highest BCUT2D eigenvalue weighted by Crippen LogP contribution is 2.42. The van der Waals surface area contributed by atoms with E-state index in [1.54, 1.807) is 0 Å². The van der Waals surface area contributed by atoms with Gasteiger partial charge < -0.3 is 9.13 Å². The maximum Gasteiger partial charge on any atom is 0.194 e. The largest absolute Gasteiger partial charge is 0.309 e. The zero-order valence-electron chi connectivity index (χ0n) is 25.8. The smallest absolute Gasteiger partial charge is 0.194 e. The zero-order chi connectivity index (χ0) is 32.2. The SMILES string of the molecule is [C-]#[N+]c1ccccc1-c1cc(-c2cccc(C#N)c2-n2c3ccccc3c3ccccc32)cc(-n2c3ccccc3c3ccccc32)c1. The molecule has 7 aromatic carbocycles. The molecule has 0 aliphatic rings. The molecule has 9 rings (SSSR count). The first-order valence-electron chi connectivity index (χ1n) is 15.9. The van der Waals surface area contributed by atoms with Gasteiger partial charge in [-0.25, -0.2) is 4.85 Å². The third kappa shape index (κ3) is 4.07. The Hall–Kier alpha value is -6.88. The normalized spacial score (nSPS) is 11.3. The van der Waals surface area contributed by atoms with E-state index in [4.69, 9.17) is 6.57 Å². The van der Waals surface area contributed by atoms with Gasteiger partial charge in [-0.2, -0.15) is 5.26 Å². The van der Waals surface area contributed by atoms with Gasteiger partial charge in [-0.1, -0.05) is 109 Å². The summed E-state index contributed by atoms with van der Waals surface area (Å²) in [6.07, 6.45) is 0. The van der Waals surface area contributed by atoms with Gasteiger partial charge in [0.2, 0.25) is 0 Å². The predicted molar refractivity (Wildman–Crippen MR) is 197 cm³/mol. The van der Waals surface area contributed by atoms with Crippen molar-refractivity contribution in [3.63, 3.8) is 0 Å². The first-order valence-corrected chi connectivity index (χ1v) is 15.9. The molecule has 2 heterocycles. The van der Waals surface area contributed by atoms with Crippen LogP contribution in [0.5, 0.6) is 0 Å². The summed E-state index contributed by atoms with van der Waals surface area (Å²) in [5, 5.41) is 15.2. The average molecular weight is 611 g/mol. The molecule has 0 aliphatic carbocycles. The van der Waals surface area contributed by atoms with Gasteiger partial charge in [0, 0.05) is 32.8 Å². The van der Waals surface area contributed by atoms with Crippen molar-refractivity contribution in [1.29, 1.82) is 5.26 Å². The molecule has 0 fully saturated rings. The summed E-state index contributed by atoms with van der Waals surface area (Å²) in [5.74, 6) is 0. The lowest BCUT2D eigenvalue weighted by Crippen LogP contribution is -2.02. The zero-order valence-corrected chi connectivity index (χ0v) is 25.8. The van der Waals surface area contributed by atoms with Crippen LogP contribution in [-0.4, -0.2) is 9.13 Å². The summed E-state index contributed by atoms with van der Waals surface area (Å²) >= 11 is 0. The second-order valence-electron chi connectivity index (χ2n) is 12.0. The Bertz CT molecular complexity index is 2710. The fourth-order valence-electron chi connectivity index (χ4n) is 7.34. The molecule has 0 amide bonds. The van der Waals surface area contributed by atoms with E-state index in [1.807, 2.05) is 36.4 Å². The summed E-state index contributed by atoms with van der Waals surface area (Å²) < 4.78 is 4.55. The number of rotatable bonds is 4. The van der Waals surface area contributed by atoms with Crippen molar-refractivity contribution in [2.24, 2.45) is 0 Å². The van der Waals surface area contributed by atoms with Gasteiger partial charge in [0.1, 0.15) is 6.07 Å². The molecule has 9 aromatic rings. The molecule has 2 aromatic heterocycles. The summed E-state index contributed by atoms with van der Waals surface area (Å²) in [6.45, 7) is 7.98. The highest BCUT2D eigenvalue weighted by Gasteiger charge is 2.21. The molecule has 0 bridgehead atoms. The molecule has 0 N–H and O–H groups in total. The van der Waals surface area contributed by atoms with Crippen molar-refractivity contribution in [3.05, 3.63) is 175 Å². The second-order valence-corrected chi connectivity index (χ2v) is 12.0. The van der Waals surface area contributed by atoms with Crippen LogP contribution in [0.15, 0.2) is 158 Å². The molecule has 0 spiro atoms. The van der Waals surface area contributed by atoms with Crippen LogP contribution in [0.25, 0.3) is 82.1 Å². The molecular formula is C44H26N4. The second kappa shape index (κ2) is 10.9. The topological polar surface area (TPSA) is 38.0 Å². The number of nitriles is 1. The maximum absolute atomic E-state index is 10.6. The number of nitrogens with zero attached hydrogens (tertiary/aromatic N) is 4. The van der Waals surface area contributed by atoms with Crippen molar-refractivity contribution in [1.82, 2.24) is 9.13 Å². The van der Waals surface area contributed by atoms with E-state index in [0.29, 0.717) is 11.3 Å². The van der Waals surface area contributed by atoms with Crippen LogP contribution >= 0.6 is 0 Å². The summed E-state index contributed by atoms with van der Waals surface area (Å²) in [6, 6.07) is 56.6. The van der Waals surface area contributed by atoms with Crippen molar-refractivity contribution >= 4 is 49.3 Å². The maximum atomic E-state index is 10.6. The number of hydrogen-bond acceptors (Lipinski definition) is 1. The predicted octanol–water partition coefficient (Wildman–Crippen LogP) is 11.6. The summed E-state index contributed by atoms with van der Waals surface area (Å²) in [5.41, 5.74) is 11.0. The molecule has 0 aliphatic heterocycles. The lowest BCUT2D eigenvalue weighted by atomic mass is 9.94. The Morgan fingerprint density at radius 3 is 1.48 bits per heavy atom. The first kappa shape index (κ1) is 27.4. The van der Waals surface area contributed by atoms with Gasteiger partial charge in [-0.05, 0) is 65.2 Å². The fourth-order valence-corrected chi connectivity index (χ4v) is 7.34. The molecule has 0 unspecified atom stereocenters. The molecule has 0 radical (unpaired) electrons. The number of hydrogen-bond donors (Lipinski definition) is 0. The Morgan fingerprint density at radius 1 is 0.479 bits per heavy atom. The van der Waals surface area contributed by atoms with E-state index in [1.165, 1.54) is 10.8 Å². The van der Waals surface area contributed by atoms with Crippen LogP contribution in [-0.2, 0) is 0 Å². The quantitative estimate of drug-likeness (QED) is 0.183. The van der Waals surface area contributed by atoms with E-state index in [-0.39, 0.29) is 0 Å². The minimum absolute atomic E-state index is 0.587. The van der Waals surface area contributed by atoms with Crippen molar-refractivity contribution in [2.75, 3.05) is 0 Å². The van der Waals surface area contributed by atoms with E-state index >= 15 is 0 Å². The number of para-hydroxylation sites is 6. The Morgan fingerprint density at radius 2 is 0.938 bits per heavy atom. The first-order chi connectivity index (χ1) is 23.7. The molecule has 4 heteroatoms. The van der Waals surface area contributed by atoms with Gasteiger partial charge in [0.15, 0.2) is 5.69 Å². The lowest BCUT2D eigenvalue weighted by Gasteiger charge is -2.19. The molecule has 222 valence electrons. The molecule has 48 heavy (non-hydrogen) atoms. The molecule has 4 nitrogen and oxygen atoms in total. The number of fused-ring (bicyclic) bond motifs is 6. The minimum Gasteiger partial charge on any atom is -0.309 e. The highest BCUT2D eigenvalue weighted by molar-refractivity contribution is 6.11. The van der Waals surface area contributed by atoms with E-state index < -0.39 is 0 Å². The van der Waals surface area contributed by atoms with E-state index in [9.17, 15) is 5.26 Å². The van der Waals surface area contributed by atoms with Gasteiger partial charge in [0.05, 0.1) is 39.9 Å². The van der Waals surface area contributed by atoms with Crippen LogP contribution < -0.4 is 0 Å². The molecule has 0 atom stereocenters. The fraction of sp³-hybridized carbons (Fsp3) is 0. The van der Waals surface area contributed by atoms with E-state index in [2.05, 4.69) is 141 Å².